The van der Waals surface area contributed by atoms with Gasteiger partial charge < -0.3 is 10.8 Å². The number of rotatable bonds is 8. The number of alkyl halides is 3. The maximum Gasteiger partial charge on any atom is 0.401 e. The standard InChI is InChI=1S/C11H23F3N2O/c1-3-16(8-11(12,13)14)7-5-4-6-10(2,15)9-17/h17H,3-9,15H2,1-2H3. The van der Waals surface area contributed by atoms with Gasteiger partial charge in [-0.1, -0.05) is 13.3 Å². The second kappa shape index (κ2) is 7.18. The molecule has 3 N–H and O–H groups in total. The minimum absolute atomic E-state index is 0.104. The fraction of sp³-hybridized carbons (Fsp3) is 1.00. The zero-order valence-corrected chi connectivity index (χ0v) is 10.6. The molecule has 0 aromatic rings. The number of unbranched alkanes of at least 4 members (excludes halogenated alkanes) is 1. The predicted octanol–water partition coefficient (Wildman–Crippen LogP) is 1.75. The van der Waals surface area contributed by atoms with Crippen LogP contribution in [0, 0.1) is 0 Å². The average molecular weight is 256 g/mol. The number of aliphatic hydroxyl groups excluding tert-OH is 1. The summed E-state index contributed by atoms with van der Waals surface area (Å²) >= 11 is 0. The number of aliphatic hydroxyl groups is 1. The molecule has 0 spiro atoms. The summed E-state index contributed by atoms with van der Waals surface area (Å²) in [4.78, 5) is 1.37. The smallest absolute Gasteiger partial charge is 0.394 e. The molecule has 17 heavy (non-hydrogen) atoms. The molecule has 0 aliphatic rings. The van der Waals surface area contributed by atoms with E-state index in [0.717, 1.165) is 6.42 Å². The van der Waals surface area contributed by atoms with Crippen molar-refractivity contribution in [3.05, 3.63) is 0 Å². The van der Waals surface area contributed by atoms with E-state index in [2.05, 4.69) is 0 Å². The van der Waals surface area contributed by atoms with Gasteiger partial charge in [-0.2, -0.15) is 13.2 Å². The van der Waals surface area contributed by atoms with E-state index in [9.17, 15) is 13.2 Å². The van der Waals surface area contributed by atoms with Crippen molar-refractivity contribution in [2.75, 3.05) is 26.2 Å². The second-order valence-electron chi connectivity index (χ2n) is 4.75. The van der Waals surface area contributed by atoms with Crippen LogP contribution < -0.4 is 5.73 Å². The molecule has 0 aromatic heterocycles. The molecule has 104 valence electrons. The third kappa shape index (κ3) is 9.38. The van der Waals surface area contributed by atoms with Crippen LogP contribution in [0.15, 0.2) is 0 Å². The van der Waals surface area contributed by atoms with Crippen LogP contribution >= 0.6 is 0 Å². The molecule has 0 heterocycles. The summed E-state index contributed by atoms with van der Waals surface area (Å²) in [5.74, 6) is 0. The quantitative estimate of drug-likeness (QED) is 0.650. The highest BCUT2D eigenvalue weighted by molar-refractivity contribution is 4.77. The van der Waals surface area contributed by atoms with Crippen molar-refractivity contribution in [2.24, 2.45) is 5.73 Å². The van der Waals surface area contributed by atoms with E-state index < -0.39 is 18.3 Å². The minimum Gasteiger partial charge on any atom is -0.394 e. The van der Waals surface area contributed by atoms with Crippen molar-refractivity contribution in [1.82, 2.24) is 4.90 Å². The Labute approximate surface area is 101 Å². The Morgan fingerprint density at radius 1 is 1.24 bits per heavy atom. The Morgan fingerprint density at radius 3 is 2.24 bits per heavy atom. The number of halogens is 3. The van der Waals surface area contributed by atoms with Crippen LogP contribution in [-0.4, -0.2) is 48.0 Å². The van der Waals surface area contributed by atoms with E-state index in [0.29, 0.717) is 25.9 Å². The van der Waals surface area contributed by atoms with Crippen LogP contribution in [0.5, 0.6) is 0 Å². The van der Waals surface area contributed by atoms with Gasteiger partial charge in [0.05, 0.1) is 13.2 Å². The van der Waals surface area contributed by atoms with Gasteiger partial charge in [-0.25, -0.2) is 0 Å². The van der Waals surface area contributed by atoms with E-state index >= 15 is 0 Å². The Morgan fingerprint density at radius 2 is 1.82 bits per heavy atom. The molecule has 0 aromatic carbocycles. The van der Waals surface area contributed by atoms with E-state index in [-0.39, 0.29) is 6.61 Å². The maximum absolute atomic E-state index is 12.2. The second-order valence-corrected chi connectivity index (χ2v) is 4.75. The average Bonchev–Trinajstić information content (AvgIpc) is 2.21. The summed E-state index contributed by atoms with van der Waals surface area (Å²) < 4.78 is 36.5. The third-order valence-electron chi connectivity index (χ3n) is 2.68. The summed E-state index contributed by atoms with van der Waals surface area (Å²) in [5, 5.41) is 8.92. The van der Waals surface area contributed by atoms with Gasteiger partial charge >= 0.3 is 6.18 Å². The molecule has 1 unspecified atom stereocenters. The number of nitrogens with two attached hydrogens (primary N) is 1. The van der Waals surface area contributed by atoms with Gasteiger partial charge in [-0.3, -0.25) is 4.90 Å². The first kappa shape index (κ1) is 16.7. The lowest BCUT2D eigenvalue weighted by Crippen LogP contribution is -2.40. The largest absolute Gasteiger partial charge is 0.401 e. The van der Waals surface area contributed by atoms with Gasteiger partial charge in [-0.15, -0.1) is 0 Å². The Bertz CT molecular complexity index is 207. The molecule has 0 saturated heterocycles. The lowest BCUT2D eigenvalue weighted by molar-refractivity contribution is -0.145. The monoisotopic (exact) mass is 256 g/mol. The SMILES string of the molecule is CCN(CCCCC(C)(N)CO)CC(F)(F)F. The molecule has 0 bridgehead atoms. The zero-order valence-electron chi connectivity index (χ0n) is 10.6. The molecule has 3 nitrogen and oxygen atoms in total. The summed E-state index contributed by atoms with van der Waals surface area (Å²) in [5.41, 5.74) is 5.10. The molecule has 0 saturated carbocycles. The fourth-order valence-electron chi connectivity index (χ4n) is 1.55. The summed E-state index contributed by atoms with van der Waals surface area (Å²) in [6, 6.07) is 0. The van der Waals surface area contributed by atoms with Gasteiger partial charge in [0.2, 0.25) is 0 Å². The van der Waals surface area contributed by atoms with Gasteiger partial charge in [0.25, 0.3) is 0 Å². The molecule has 1 atom stereocenters. The zero-order chi connectivity index (χ0) is 13.5. The van der Waals surface area contributed by atoms with Crippen molar-refractivity contribution in [1.29, 1.82) is 0 Å². The van der Waals surface area contributed by atoms with E-state index in [1.807, 2.05) is 0 Å². The molecular formula is C11H23F3N2O. The first-order valence-electron chi connectivity index (χ1n) is 5.89. The molecule has 0 amide bonds. The van der Waals surface area contributed by atoms with Gasteiger partial charge in [0.1, 0.15) is 0 Å². The molecule has 0 aliphatic carbocycles. The van der Waals surface area contributed by atoms with Crippen LogP contribution in [0.2, 0.25) is 0 Å². The minimum atomic E-state index is -4.14. The first-order valence-corrected chi connectivity index (χ1v) is 5.89. The van der Waals surface area contributed by atoms with Crippen LogP contribution in [0.25, 0.3) is 0 Å². The van der Waals surface area contributed by atoms with Crippen molar-refractivity contribution in [3.8, 4) is 0 Å². The highest BCUT2D eigenvalue weighted by Crippen LogP contribution is 2.17. The summed E-state index contributed by atoms with van der Waals surface area (Å²) in [6.45, 7) is 3.29. The van der Waals surface area contributed by atoms with Crippen molar-refractivity contribution < 1.29 is 18.3 Å². The summed E-state index contributed by atoms with van der Waals surface area (Å²) in [6.07, 6.45) is -2.13. The van der Waals surface area contributed by atoms with Crippen molar-refractivity contribution >= 4 is 0 Å². The molecule has 6 heteroatoms. The fourth-order valence-corrected chi connectivity index (χ4v) is 1.55. The number of hydrogen-bond donors (Lipinski definition) is 2. The van der Waals surface area contributed by atoms with Gasteiger partial charge in [-0.05, 0) is 32.9 Å². The predicted molar refractivity (Wildman–Crippen MR) is 61.7 cm³/mol. The number of nitrogens with zero attached hydrogens (tertiary/aromatic N) is 1. The van der Waals surface area contributed by atoms with Crippen LogP contribution in [0.4, 0.5) is 13.2 Å². The molecule has 0 fully saturated rings. The van der Waals surface area contributed by atoms with Crippen molar-refractivity contribution in [3.63, 3.8) is 0 Å². The van der Waals surface area contributed by atoms with Gasteiger partial charge in [0.15, 0.2) is 0 Å². The van der Waals surface area contributed by atoms with Crippen LogP contribution in [0.3, 0.4) is 0 Å². The first-order chi connectivity index (χ1) is 7.70. The topological polar surface area (TPSA) is 49.5 Å². The highest BCUT2D eigenvalue weighted by Gasteiger charge is 2.29. The third-order valence-corrected chi connectivity index (χ3v) is 2.68. The van der Waals surface area contributed by atoms with Crippen LogP contribution in [-0.2, 0) is 0 Å². The van der Waals surface area contributed by atoms with E-state index in [1.54, 1.807) is 13.8 Å². The van der Waals surface area contributed by atoms with E-state index in [4.69, 9.17) is 10.8 Å². The number of hydrogen-bond acceptors (Lipinski definition) is 3. The highest BCUT2D eigenvalue weighted by atomic mass is 19.4. The lowest BCUT2D eigenvalue weighted by atomic mass is 9.97. The molecular weight excluding hydrogens is 233 g/mol. The maximum atomic E-state index is 12.2. The van der Waals surface area contributed by atoms with Crippen LogP contribution in [0.1, 0.15) is 33.1 Å². The molecule has 0 radical (unpaired) electrons. The lowest BCUT2D eigenvalue weighted by Gasteiger charge is -2.24. The Kier molecular flexibility index (Phi) is 7.04. The Hall–Kier alpha value is -0.330. The normalized spacial score (nSPS) is 16.2. The Balaban J connectivity index is 3.78. The summed E-state index contributed by atoms with van der Waals surface area (Å²) in [7, 11) is 0. The van der Waals surface area contributed by atoms with E-state index in [1.165, 1.54) is 4.90 Å². The van der Waals surface area contributed by atoms with Gasteiger partial charge in [0, 0.05) is 5.54 Å². The van der Waals surface area contributed by atoms with Crippen molar-refractivity contribution in [2.45, 2.75) is 44.8 Å². The molecule has 0 aliphatic heterocycles. The molecule has 0 rings (SSSR count).